The van der Waals surface area contributed by atoms with Crippen LogP contribution in [0.15, 0.2) is 30.6 Å². The van der Waals surface area contributed by atoms with Crippen molar-refractivity contribution >= 4 is 22.8 Å². The molecule has 0 unspecified atom stereocenters. The zero-order valence-corrected chi connectivity index (χ0v) is 15.2. The van der Waals surface area contributed by atoms with Crippen LogP contribution >= 0.6 is 0 Å². The molecule has 1 aliphatic carbocycles. The Balaban J connectivity index is 1.38. The largest absolute Gasteiger partial charge is 0.352 e. The number of nitrogens with zero attached hydrogens (tertiary/aromatic N) is 3. The third-order valence-electron chi connectivity index (χ3n) is 5.91. The monoisotopic (exact) mass is 354 g/mol. The van der Waals surface area contributed by atoms with Crippen LogP contribution in [0.4, 0.5) is 0 Å². The first-order valence-corrected chi connectivity index (χ1v) is 9.65. The fraction of sp³-hybridized carbons (Fsp3) is 0.550. The van der Waals surface area contributed by atoms with Crippen molar-refractivity contribution in [2.24, 2.45) is 5.92 Å². The average molecular weight is 354 g/mol. The highest BCUT2D eigenvalue weighted by molar-refractivity contribution is 5.81. The lowest BCUT2D eigenvalue weighted by Crippen LogP contribution is -2.46. The first-order chi connectivity index (χ1) is 12.7. The second-order valence-electron chi connectivity index (χ2n) is 7.47. The molecule has 1 N–H and O–H groups in total. The van der Waals surface area contributed by atoms with Crippen LogP contribution in [0.25, 0.3) is 11.0 Å². The molecule has 6 heteroatoms. The molecule has 0 spiro atoms. The molecule has 2 heterocycles. The van der Waals surface area contributed by atoms with Crippen molar-refractivity contribution in [1.29, 1.82) is 0 Å². The fourth-order valence-electron chi connectivity index (χ4n) is 4.72. The van der Waals surface area contributed by atoms with Gasteiger partial charge in [0.2, 0.25) is 11.8 Å². The van der Waals surface area contributed by atoms with Gasteiger partial charge < -0.3 is 14.8 Å². The molecule has 2 aliphatic rings. The number of imidazole rings is 1. The highest BCUT2D eigenvalue weighted by Gasteiger charge is 2.45. The van der Waals surface area contributed by atoms with E-state index >= 15 is 0 Å². The normalized spacial score (nSPS) is 24.8. The SMILES string of the molecule is CCC(=O)N1[C@H](CNC(=O)Cn2cnc3ccccc32)C[C@@H]2CCC[C@@H]21. The Hall–Kier alpha value is -2.37. The van der Waals surface area contributed by atoms with Gasteiger partial charge in [0, 0.05) is 25.0 Å². The molecule has 3 atom stereocenters. The molecule has 2 aromatic rings. The third kappa shape index (κ3) is 3.08. The van der Waals surface area contributed by atoms with Crippen molar-refractivity contribution in [3.05, 3.63) is 30.6 Å². The molecule has 1 aromatic carbocycles. The molecule has 2 fully saturated rings. The number of carbonyl (C=O) groups is 2. The van der Waals surface area contributed by atoms with E-state index < -0.39 is 0 Å². The lowest BCUT2D eigenvalue weighted by Gasteiger charge is -2.30. The van der Waals surface area contributed by atoms with E-state index in [4.69, 9.17) is 0 Å². The quantitative estimate of drug-likeness (QED) is 0.896. The van der Waals surface area contributed by atoms with E-state index in [2.05, 4.69) is 15.2 Å². The fourth-order valence-corrected chi connectivity index (χ4v) is 4.72. The molecule has 1 aromatic heterocycles. The Kier molecular flexibility index (Phi) is 4.66. The predicted molar refractivity (Wildman–Crippen MR) is 99.4 cm³/mol. The number of aromatic nitrogens is 2. The summed E-state index contributed by atoms with van der Waals surface area (Å²) in [5, 5.41) is 3.04. The summed E-state index contributed by atoms with van der Waals surface area (Å²) in [6.45, 7) is 2.72. The minimum atomic E-state index is -0.0332. The van der Waals surface area contributed by atoms with E-state index in [0.29, 0.717) is 24.9 Å². The molecular formula is C20H26N4O2. The summed E-state index contributed by atoms with van der Waals surface area (Å²) >= 11 is 0. The van der Waals surface area contributed by atoms with Crippen LogP contribution in [0.5, 0.6) is 0 Å². The number of carbonyl (C=O) groups excluding carboxylic acids is 2. The minimum absolute atomic E-state index is 0.0332. The molecule has 138 valence electrons. The summed E-state index contributed by atoms with van der Waals surface area (Å²) in [5.41, 5.74) is 1.85. The number of rotatable bonds is 5. The van der Waals surface area contributed by atoms with Gasteiger partial charge >= 0.3 is 0 Å². The van der Waals surface area contributed by atoms with Crippen LogP contribution in [0.1, 0.15) is 39.0 Å². The minimum Gasteiger partial charge on any atom is -0.352 e. The molecule has 4 rings (SSSR count). The number of hydrogen-bond donors (Lipinski definition) is 1. The van der Waals surface area contributed by atoms with Gasteiger partial charge in [0.25, 0.3) is 0 Å². The van der Waals surface area contributed by atoms with Crippen molar-refractivity contribution < 1.29 is 9.59 Å². The lowest BCUT2D eigenvalue weighted by molar-refractivity contribution is -0.134. The second-order valence-corrected chi connectivity index (χ2v) is 7.47. The smallest absolute Gasteiger partial charge is 0.240 e. The van der Waals surface area contributed by atoms with Crippen molar-refractivity contribution in [1.82, 2.24) is 19.8 Å². The summed E-state index contributed by atoms with van der Waals surface area (Å²) in [7, 11) is 0. The number of benzene rings is 1. The van der Waals surface area contributed by atoms with Gasteiger partial charge in [-0.05, 0) is 37.3 Å². The Labute approximate surface area is 153 Å². The van der Waals surface area contributed by atoms with Gasteiger partial charge in [-0.2, -0.15) is 0 Å². The van der Waals surface area contributed by atoms with Crippen LogP contribution < -0.4 is 5.32 Å². The number of likely N-dealkylation sites (tertiary alicyclic amines) is 1. The van der Waals surface area contributed by atoms with E-state index in [-0.39, 0.29) is 24.4 Å². The van der Waals surface area contributed by atoms with Gasteiger partial charge in [-0.1, -0.05) is 25.5 Å². The maximum atomic E-state index is 12.4. The number of nitrogens with one attached hydrogen (secondary N) is 1. The Bertz CT molecular complexity index is 815. The topological polar surface area (TPSA) is 67.2 Å². The van der Waals surface area contributed by atoms with Gasteiger partial charge in [0.05, 0.1) is 17.4 Å². The van der Waals surface area contributed by atoms with Crippen LogP contribution in [0, 0.1) is 5.92 Å². The summed E-state index contributed by atoms with van der Waals surface area (Å²) in [4.78, 5) is 31.3. The zero-order valence-electron chi connectivity index (χ0n) is 15.2. The van der Waals surface area contributed by atoms with Gasteiger partial charge in [-0.15, -0.1) is 0 Å². The van der Waals surface area contributed by atoms with Crippen molar-refractivity contribution in [2.75, 3.05) is 6.54 Å². The maximum Gasteiger partial charge on any atom is 0.240 e. The molecule has 26 heavy (non-hydrogen) atoms. The van der Waals surface area contributed by atoms with E-state index in [1.165, 1.54) is 12.8 Å². The van der Waals surface area contributed by atoms with E-state index in [1.807, 2.05) is 35.8 Å². The number of para-hydroxylation sites is 2. The van der Waals surface area contributed by atoms with Gasteiger partial charge in [-0.3, -0.25) is 9.59 Å². The van der Waals surface area contributed by atoms with E-state index in [0.717, 1.165) is 23.9 Å². The van der Waals surface area contributed by atoms with Crippen LogP contribution in [0.3, 0.4) is 0 Å². The third-order valence-corrected chi connectivity index (χ3v) is 5.91. The lowest BCUT2D eigenvalue weighted by atomic mass is 10.0. The summed E-state index contributed by atoms with van der Waals surface area (Å²) < 4.78 is 1.86. The standard InChI is InChI=1S/C20H26N4O2/c1-2-20(26)24-15(10-14-6-5-9-17(14)24)11-21-19(25)12-23-13-22-16-7-3-4-8-18(16)23/h3-4,7-8,13-15,17H,2,5-6,9-12H2,1H3,(H,21,25)/t14-,15-,17-/m0/s1. The Morgan fingerprint density at radius 3 is 2.96 bits per heavy atom. The highest BCUT2D eigenvalue weighted by Crippen LogP contribution is 2.41. The van der Waals surface area contributed by atoms with Crippen LogP contribution in [-0.4, -0.2) is 44.9 Å². The summed E-state index contributed by atoms with van der Waals surface area (Å²) in [6.07, 6.45) is 6.80. The van der Waals surface area contributed by atoms with E-state index in [9.17, 15) is 9.59 Å². The highest BCUT2D eigenvalue weighted by atomic mass is 16.2. The molecule has 1 aliphatic heterocycles. The molecule has 0 radical (unpaired) electrons. The van der Waals surface area contributed by atoms with Crippen LogP contribution in [-0.2, 0) is 16.1 Å². The van der Waals surface area contributed by atoms with E-state index in [1.54, 1.807) is 6.33 Å². The summed E-state index contributed by atoms with van der Waals surface area (Å²) in [5.74, 6) is 0.804. The second kappa shape index (κ2) is 7.09. The Morgan fingerprint density at radius 2 is 2.12 bits per heavy atom. The molecular weight excluding hydrogens is 328 g/mol. The molecule has 6 nitrogen and oxygen atoms in total. The van der Waals surface area contributed by atoms with Crippen molar-refractivity contribution in [3.8, 4) is 0 Å². The van der Waals surface area contributed by atoms with Gasteiger partial charge in [-0.25, -0.2) is 4.98 Å². The Morgan fingerprint density at radius 1 is 1.27 bits per heavy atom. The first kappa shape index (κ1) is 17.1. The van der Waals surface area contributed by atoms with Crippen LogP contribution in [0.2, 0.25) is 0 Å². The predicted octanol–water partition coefficient (Wildman–Crippen LogP) is 2.33. The van der Waals surface area contributed by atoms with Gasteiger partial charge in [0.15, 0.2) is 0 Å². The first-order valence-electron chi connectivity index (χ1n) is 9.65. The zero-order chi connectivity index (χ0) is 18.1. The number of amides is 2. The molecule has 1 saturated carbocycles. The average Bonchev–Trinajstić information content (AvgIpc) is 3.34. The maximum absolute atomic E-state index is 12.4. The molecule has 0 bridgehead atoms. The van der Waals surface area contributed by atoms with Crippen molar-refractivity contribution in [3.63, 3.8) is 0 Å². The van der Waals surface area contributed by atoms with Crippen molar-refractivity contribution in [2.45, 2.75) is 57.7 Å². The van der Waals surface area contributed by atoms with Gasteiger partial charge in [0.1, 0.15) is 6.54 Å². The number of hydrogen-bond acceptors (Lipinski definition) is 3. The summed E-state index contributed by atoms with van der Waals surface area (Å²) in [6, 6.07) is 8.33. The molecule has 1 saturated heterocycles. The number of fused-ring (bicyclic) bond motifs is 2. The molecule has 2 amide bonds.